The van der Waals surface area contributed by atoms with E-state index in [2.05, 4.69) is 0 Å². The Morgan fingerprint density at radius 3 is 1.56 bits per heavy atom. The lowest BCUT2D eigenvalue weighted by Crippen LogP contribution is -1.75. The molecule has 92 valence electrons. The Hall–Kier alpha value is -2.48. The van der Waals surface area contributed by atoms with E-state index in [9.17, 15) is 0 Å². The summed E-state index contributed by atoms with van der Waals surface area (Å²) in [5, 5.41) is 8.34. The smallest absolute Gasteiger partial charge is 0.0797 e. The molecule has 0 atom stereocenters. The van der Waals surface area contributed by atoms with Crippen molar-refractivity contribution in [2.24, 2.45) is 5.73 Å². The van der Waals surface area contributed by atoms with Crippen LogP contribution in [0.2, 0.25) is 0 Å². The monoisotopic (exact) mass is 239 g/mol. The number of aliphatic hydroxyl groups excluding tert-OH is 1. The fourth-order valence-electron chi connectivity index (χ4n) is 1.33. The zero-order valence-electron chi connectivity index (χ0n) is 10.1. The minimum Gasteiger partial charge on any atom is -0.516 e. The van der Waals surface area contributed by atoms with Gasteiger partial charge in [-0.2, -0.15) is 0 Å². The van der Waals surface area contributed by atoms with Gasteiger partial charge in [-0.05, 0) is 29.5 Å². The maximum absolute atomic E-state index is 8.34. The minimum atomic E-state index is 1.01. The average Bonchev–Trinajstić information content (AvgIpc) is 2.43. The van der Waals surface area contributed by atoms with Crippen molar-refractivity contribution in [3.8, 4) is 0 Å². The van der Waals surface area contributed by atoms with Crippen molar-refractivity contribution >= 4 is 12.2 Å². The summed E-state index contributed by atoms with van der Waals surface area (Å²) in [6.07, 6.45) is 6.07. The topological polar surface area (TPSA) is 46.2 Å². The molecular formula is C16H17NO. The summed E-state index contributed by atoms with van der Waals surface area (Å²) in [5.74, 6) is 0. The molecule has 3 N–H and O–H groups in total. The lowest BCUT2D eigenvalue weighted by atomic mass is 10.2. The van der Waals surface area contributed by atoms with Crippen molar-refractivity contribution in [1.82, 2.24) is 0 Å². The number of aliphatic hydroxyl groups is 1. The van der Waals surface area contributed by atoms with Crippen molar-refractivity contribution in [3.05, 3.63) is 84.3 Å². The molecule has 0 fully saturated rings. The molecule has 0 saturated heterocycles. The normalized spacial score (nSPS) is 10.2. The molecule has 2 aromatic rings. The second-order valence-electron chi connectivity index (χ2n) is 3.50. The lowest BCUT2D eigenvalue weighted by molar-refractivity contribution is 0.478. The Kier molecular flexibility index (Phi) is 6.53. The molecule has 2 rings (SSSR count). The number of rotatable bonds is 2. The predicted octanol–water partition coefficient (Wildman–Crippen LogP) is 3.83. The van der Waals surface area contributed by atoms with Gasteiger partial charge in [-0.1, -0.05) is 60.7 Å². The number of hydrogen-bond acceptors (Lipinski definition) is 2. The molecule has 0 aliphatic rings. The van der Waals surface area contributed by atoms with Gasteiger partial charge in [-0.25, -0.2) is 0 Å². The van der Waals surface area contributed by atoms with E-state index < -0.39 is 0 Å². The van der Waals surface area contributed by atoms with Crippen LogP contribution >= 0.6 is 0 Å². The first-order valence-corrected chi connectivity index (χ1v) is 5.66. The largest absolute Gasteiger partial charge is 0.516 e. The number of benzene rings is 2. The van der Waals surface area contributed by atoms with Gasteiger partial charge >= 0.3 is 0 Å². The van der Waals surface area contributed by atoms with E-state index in [0.29, 0.717) is 0 Å². The van der Waals surface area contributed by atoms with Crippen molar-refractivity contribution in [3.63, 3.8) is 0 Å². The highest BCUT2D eigenvalue weighted by atomic mass is 16.2. The maximum Gasteiger partial charge on any atom is 0.0797 e. The third-order valence-electron chi connectivity index (χ3n) is 2.15. The highest BCUT2D eigenvalue weighted by Gasteiger charge is 1.79. The summed E-state index contributed by atoms with van der Waals surface area (Å²) < 4.78 is 0. The quantitative estimate of drug-likeness (QED) is 0.782. The third kappa shape index (κ3) is 5.56. The molecule has 2 heteroatoms. The molecule has 2 nitrogen and oxygen atoms in total. The molecule has 0 bridgehead atoms. The standard InChI is InChI=1S/C8H9N.C8H8O/c2*9-7-6-8-4-2-1-3-5-8/h1-7H,9H2;1-7,9H. The van der Waals surface area contributed by atoms with Crippen LogP contribution in [-0.2, 0) is 0 Å². The molecule has 0 radical (unpaired) electrons. The van der Waals surface area contributed by atoms with E-state index in [4.69, 9.17) is 10.8 Å². The van der Waals surface area contributed by atoms with Gasteiger partial charge in [-0.3, -0.25) is 0 Å². The van der Waals surface area contributed by atoms with Crippen LogP contribution in [0.4, 0.5) is 0 Å². The van der Waals surface area contributed by atoms with Gasteiger partial charge in [-0.15, -0.1) is 0 Å². The van der Waals surface area contributed by atoms with Crippen LogP contribution in [-0.4, -0.2) is 5.11 Å². The highest BCUT2D eigenvalue weighted by Crippen LogP contribution is 1.99. The molecule has 18 heavy (non-hydrogen) atoms. The molecule has 0 aliphatic heterocycles. The molecule has 0 heterocycles. The lowest BCUT2D eigenvalue weighted by Gasteiger charge is -1.86. The summed E-state index contributed by atoms with van der Waals surface area (Å²) in [7, 11) is 0. The van der Waals surface area contributed by atoms with Crippen molar-refractivity contribution < 1.29 is 5.11 Å². The van der Waals surface area contributed by atoms with Gasteiger partial charge in [0, 0.05) is 0 Å². The second-order valence-corrected chi connectivity index (χ2v) is 3.50. The van der Waals surface area contributed by atoms with Crippen LogP contribution in [0, 0.1) is 0 Å². The fourth-order valence-corrected chi connectivity index (χ4v) is 1.33. The zero-order valence-corrected chi connectivity index (χ0v) is 10.1. The van der Waals surface area contributed by atoms with Gasteiger partial charge in [0.25, 0.3) is 0 Å². The van der Waals surface area contributed by atoms with E-state index >= 15 is 0 Å². The summed E-state index contributed by atoms with van der Waals surface area (Å²) in [6, 6.07) is 19.6. The van der Waals surface area contributed by atoms with Gasteiger partial charge < -0.3 is 10.8 Å². The van der Waals surface area contributed by atoms with Gasteiger partial charge in [0.2, 0.25) is 0 Å². The Morgan fingerprint density at radius 2 is 1.17 bits per heavy atom. The number of nitrogens with two attached hydrogens (primary N) is 1. The summed E-state index contributed by atoms with van der Waals surface area (Å²) >= 11 is 0. The zero-order chi connectivity index (χ0) is 13.1. The maximum atomic E-state index is 8.34. The second kappa shape index (κ2) is 8.65. The van der Waals surface area contributed by atoms with E-state index in [1.165, 1.54) is 6.20 Å². The van der Waals surface area contributed by atoms with Gasteiger partial charge in [0.1, 0.15) is 0 Å². The van der Waals surface area contributed by atoms with Crippen LogP contribution in [0.1, 0.15) is 11.1 Å². The molecule has 0 amide bonds. The summed E-state index contributed by atoms with van der Waals surface area (Å²) in [6.45, 7) is 0. The predicted molar refractivity (Wildman–Crippen MR) is 77.8 cm³/mol. The Labute approximate surface area is 108 Å². The van der Waals surface area contributed by atoms with Crippen molar-refractivity contribution in [1.29, 1.82) is 0 Å². The fraction of sp³-hybridized carbons (Fsp3) is 0. The first kappa shape index (κ1) is 13.6. The molecule has 0 saturated carbocycles. The molecule has 0 unspecified atom stereocenters. The van der Waals surface area contributed by atoms with Crippen LogP contribution in [0.25, 0.3) is 12.2 Å². The first-order chi connectivity index (χ1) is 8.86. The molecule has 0 spiro atoms. The van der Waals surface area contributed by atoms with Crippen LogP contribution in [0.3, 0.4) is 0 Å². The summed E-state index contributed by atoms with van der Waals surface area (Å²) in [5.41, 5.74) is 7.33. The Balaban J connectivity index is 0.000000180. The SMILES string of the molecule is NC=Cc1ccccc1.OC=Cc1ccccc1. The number of hydrogen-bond donors (Lipinski definition) is 2. The van der Waals surface area contributed by atoms with E-state index in [1.54, 1.807) is 6.08 Å². The van der Waals surface area contributed by atoms with Gasteiger partial charge in [0.15, 0.2) is 0 Å². The van der Waals surface area contributed by atoms with Crippen LogP contribution in [0.5, 0.6) is 0 Å². The van der Waals surface area contributed by atoms with Crippen LogP contribution in [0.15, 0.2) is 73.1 Å². The summed E-state index contributed by atoms with van der Waals surface area (Å²) in [4.78, 5) is 0. The van der Waals surface area contributed by atoms with Crippen LogP contribution < -0.4 is 5.73 Å². The molecular weight excluding hydrogens is 222 g/mol. The Bertz CT molecular complexity index is 427. The molecule has 0 aromatic heterocycles. The van der Waals surface area contributed by atoms with Gasteiger partial charge in [0.05, 0.1) is 6.26 Å². The van der Waals surface area contributed by atoms with E-state index in [-0.39, 0.29) is 0 Å². The highest BCUT2D eigenvalue weighted by molar-refractivity contribution is 5.48. The van der Waals surface area contributed by atoms with E-state index in [1.807, 2.05) is 66.7 Å². The van der Waals surface area contributed by atoms with Crippen molar-refractivity contribution in [2.75, 3.05) is 0 Å². The minimum absolute atomic E-state index is 1.01. The molecule has 2 aromatic carbocycles. The molecule has 0 aliphatic carbocycles. The van der Waals surface area contributed by atoms with E-state index in [0.717, 1.165) is 17.4 Å². The average molecular weight is 239 g/mol. The Morgan fingerprint density at radius 1 is 0.722 bits per heavy atom. The first-order valence-electron chi connectivity index (χ1n) is 5.66. The van der Waals surface area contributed by atoms with Crippen molar-refractivity contribution in [2.45, 2.75) is 0 Å². The third-order valence-corrected chi connectivity index (χ3v) is 2.15.